The smallest absolute Gasteiger partial charge is 0.267 e. The number of primary sulfonamides is 1. The molecular formula is C6H6BrF2N3O2S. The van der Waals surface area contributed by atoms with Crippen molar-refractivity contribution in [3.63, 3.8) is 0 Å². The molecular weight excluding hydrogens is 296 g/mol. The molecule has 0 atom stereocenters. The van der Waals surface area contributed by atoms with E-state index >= 15 is 0 Å². The summed E-state index contributed by atoms with van der Waals surface area (Å²) in [6.07, 6.45) is -2.11. The van der Waals surface area contributed by atoms with Crippen LogP contribution in [0.15, 0.2) is 15.7 Å². The van der Waals surface area contributed by atoms with Gasteiger partial charge in [0, 0.05) is 0 Å². The van der Waals surface area contributed by atoms with Crippen molar-refractivity contribution in [2.45, 2.75) is 11.3 Å². The molecule has 4 N–H and O–H groups in total. The molecule has 1 aromatic rings. The molecule has 15 heavy (non-hydrogen) atoms. The normalized spacial score (nSPS) is 12.1. The van der Waals surface area contributed by atoms with Gasteiger partial charge >= 0.3 is 0 Å². The molecule has 9 heteroatoms. The standard InChI is InChI=1S/C6H6BrF2N3O2S/c7-5-4(15(11,13)14)3(6(8)9)2(10)1-12-5/h1,6H,10H2,(H2,11,13,14). The minimum atomic E-state index is -4.30. The van der Waals surface area contributed by atoms with E-state index in [-0.39, 0.29) is 4.60 Å². The van der Waals surface area contributed by atoms with Crippen molar-refractivity contribution in [1.82, 2.24) is 4.98 Å². The highest BCUT2D eigenvalue weighted by atomic mass is 79.9. The molecule has 0 spiro atoms. The summed E-state index contributed by atoms with van der Waals surface area (Å²) in [7, 11) is -4.30. The summed E-state index contributed by atoms with van der Waals surface area (Å²) in [5.74, 6) is 0. The van der Waals surface area contributed by atoms with Gasteiger partial charge in [-0.25, -0.2) is 27.3 Å². The zero-order chi connectivity index (χ0) is 11.8. The summed E-state index contributed by atoms with van der Waals surface area (Å²) in [5, 5.41) is 4.78. The number of hydrogen-bond donors (Lipinski definition) is 2. The van der Waals surface area contributed by atoms with Crippen LogP contribution in [0.2, 0.25) is 0 Å². The molecule has 0 unspecified atom stereocenters. The minimum absolute atomic E-state index is 0.283. The average molecular weight is 302 g/mol. The van der Waals surface area contributed by atoms with Crippen molar-refractivity contribution in [2.24, 2.45) is 5.14 Å². The Morgan fingerprint density at radius 1 is 1.47 bits per heavy atom. The van der Waals surface area contributed by atoms with Crippen LogP contribution >= 0.6 is 15.9 Å². The number of halogens is 3. The van der Waals surface area contributed by atoms with Gasteiger partial charge in [0.05, 0.1) is 17.4 Å². The molecule has 0 saturated heterocycles. The van der Waals surface area contributed by atoms with E-state index < -0.39 is 32.6 Å². The number of nitrogens with zero attached hydrogens (tertiary/aromatic N) is 1. The number of nitrogen functional groups attached to an aromatic ring is 1. The Balaban J connectivity index is 3.68. The number of rotatable bonds is 2. The maximum Gasteiger partial charge on any atom is 0.267 e. The second kappa shape index (κ2) is 3.99. The second-order valence-electron chi connectivity index (χ2n) is 2.59. The Hall–Kier alpha value is -0.800. The highest BCUT2D eigenvalue weighted by Crippen LogP contribution is 2.34. The number of pyridine rings is 1. The van der Waals surface area contributed by atoms with Gasteiger partial charge in [-0.2, -0.15) is 0 Å². The summed E-state index contributed by atoms with van der Waals surface area (Å²) in [6.45, 7) is 0. The van der Waals surface area contributed by atoms with Gasteiger partial charge in [-0.05, 0) is 15.9 Å². The van der Waals surface area contributed by atoms with Crippen LogP contribution in [0.5, 0.6) is 0 Å². The molecule has 1 rings (SSSR count). The van der Waals surface area contributed by atoms with Crippen molar-refractivity contribution >= 4 is 31.6 Å². The first-order chi connectivity index (χ1) is 6.75. The first kappa shape index (κ1) is 12.3. The van der Waals surface area contributed by atoms with Gasteiger partial charge in [0.2, 0.25) is 10.0 Å². The van der Waals surface area contributed by atoms with Gasteiger partial charge in [-0.1, -0.05) is 0 Å². The van der Waals surface area contributed by atoms with Gasteiger partial charge in [0.25, 0.3) is 6.43 Å². The molecule has 1 aromatic heterocycles. The number of hydrogen-bond acceptors (Lipinski definition) is 4. The third-order valence-electron chi connectivity index (χ3n) is 1.56. The highest BCUT2D eigenvalue weighted by molar-refractivity contribution is 9.10. The highest BCUT2D eigenvalue weighted by Gasteiger charge is 2.26. The number of alkyl halides is 2. The molecule has 1 heterocycles. The first-order valence-electron chi connectivity index (χ1n) is 3.50. The van der Waals surface area contributed by atoms with Crippen LogP contribution in [0.4, 0.5) is 14.5 Å². The van der Waals surface area contributed by atoms with E-state index in [0.29, 0.717) is 0 Å². The van der Waals surface area contributed by atoms with E-state index in [1.165, 1.54) is 0 Å². The van der Waals surface area contributed by atoms with E-state index in [2.05, 4.69) is 20.9 Å². The molecule has 0 amide bonds. The monoisotopic (exact) mass is 301 g/mol. The molecule has 0 aliphatic carbocycles. The Labute approximate surface area is 92.7 Å². The van der Waals surface area contributed by atoms with Gasteiger partial charge in [0.1, 0.15) is 9.50 Å². The summed E-state index contributed by atoms with van der Waals surface area (Å²) >= 11 is 2.73. The van der Waals surface area contributed by atoms with Gasteiger partial charge in [-0.15, -0.1) is 0 Å². The Bertz CT molecular complexity index is 491. The summed E-state index contributed by atoms with van der Waals surface area (Å²) in [4.78, 5) is 2.71. The lowest BCUT2D eigenvalue weighted by Gasteiger charge is -2.10. The van der Waals surface area contributed by atoms with Crippen LogP contribution in [-0.2, 0) is 10.0 Å². The zero-order valence-electron chi connectivity index (χ0n) is 7.12. The summed E-state index contributed by atoms with van der Waals surface area (Å²) in [5.41, 5.74) is 3.95. The lowest BCUT2D eigenvalue weighted by atomic mass is 10.2. The first-order valence-corrected chi connectivity index (χ1v) is 5.84. The number of nitrogens with two attached hydrogens (primary N) is 2. The van der Waals surface area contributed by atoms with Crippen LogP contribution in [0.1, 0.15) is 12.0 Å². The van der Waals surface area contributed by atoms with Crippen molar-refractivity contribution in [3.8, 4) is 0 Å². The van der Waals surface area contributed by atoms with E-state index in [1.807, 2.05) is 0 Å². The fourth-order valence-corrected chi connectivity index (χ4v) is 2.79. The SMILES string of the molecule is Nc1cnc(Br)c(S(N)(=O)=O)c1C(F)F. The van der Waals surface area contributed by atoms with Crippen molar-refractivity contribution in [1.29, 1.82) is 0 Å². The maximum absolute atomic E-state index is 12.6. The molecule has 0 bridgehead atoms. The topological polar surface area (TPSA) is 99.1 Å². The third-order valence-corrected chi connectivity index (χ3v) is 3.41. The van der Waals surface area contributed by atoms with E-state index in [1.54, 1.807) is 0 Å². The molecule has 0 fully saturated rings. The van der Waals surface area contributed by atoms with Gasteiger partial charge in [0.15, 0.2) is 0 Å². The maximum atomic E-state index is 12.6. The predicted molar refractivity (Wildman–Crippen MR) is 52.7 cm³/mol. The van der Waals surface area contributed by atoms with Gasteiger partial charge in [-0.3, -0.25) is 0 Å². The van der Waals surface area contributed by atoms with Crippen LogP contribution in [0.25, 0.3) is 0 Å². The molecule has 0 radical (unpaired) electrons. The van der Waals surface area contributed by atoms with E-state index in [9.17, 15) is 17.2 Å². The van der Waals surface area contributed by atoms with Crippen LogP contribution in [0.3, 0.4) is 0 Å². The van der Waals surface area contributed by atoms with E-state index in [4.69, 9.17) is 10.9 Å². The summed E-state index contributed by atoms with van der Waals surface area (Å²) < 4.78 is 46.9. The zero-order valence-corrected chi connectivity index (χ0v) is 9.52. The lowest BCUT2D eigenvalue weighted by Crippen LogP contribution is -2.17. The molecule has 0 saturated carbocycles. The molecule has 0 aliphatic rings. The molecule has 0 aromatic carbocycles. The van der Waals surface area contributed by atoms with Gasteiger partial charge < -0.3 is 5.73 Å². The molecule has 84 valence electrons. The lowest BCUT2D eigenvalue weighted by molar-refractivity contribution is 0.148. The summed E-state index contributed by atoms with van der Waals surface area (Å²) in [6, 6.07) is 0. The number of anilines is 1. The predicted octanol–water partition coefficient (Wildman–Crippen LogP) is 1.01. The van der Waals surface area contributed by atoms with Crippen molar-refractivity contribution in [2.75, 3.05) is 5.73 Å². The molecule has 0 aliphatic heterocycles. The van der Waals surface area contributed by atoms with Crippen LogP contribution < -0.4 is 10.9 Å². The Morgan fingerprint density at radius 2 is 2.00 bits per heavy atom. The second-order valence-corrected chi connectivity index (χ2v) is 4.84. The Morgan fingerprint density at radius 3 is 2.33 bits per heavy atom. The fraction of sp³-hybridized carbons (Fsp3) is 0.167. The van der Waals surface area contributed by atoms with E-state index in [0.717, 1.165) is 6.20 Å². The van der Waals surface area contributed by atoms with Crippen LogP contribution in [0, 0.1) is 0 Å². The quantitative estimate of drug-likeness (QED) is 0.796. The molecule has 5 nitrogen and oxygen atoms in total. The number of sulfonamides is 1. The average Bonchev–Trinajstić information content (AvgIpc) is 2.05. The van der Waals surface area contributed by atoms with Crippen molar-refractivity contribution in [3.05, 3.63) is 16.4 Å². The van der Waals surface area contributed by atoms with Crippen molar-refractivity contribution < 1.29 is 17.2 Å². The third kappa shape index (κ3) is 2.41. The number of aromatic nitrogens is 1. The Kier molecular flexibility index (Phi) is 3.26. The van der Waals surface area contributed by atoms with Crippen LogP contribution in [-0.4, -0.2) is 13.4 Å². The fourth-order valence-electron chi connectivity index (χ4n) is 0.992. The largest absolute Gasteiger partial charge is 0.397 e. The minimum Gasteiger partial charge on any atom is -0.397 e.